The molecule has 1 heterocycles. The minimum atomic E-state index is -0.813. The van der Waals surface area contributed by atoms with Crippen molar-refractivity contribution >= 4 is 17.7 Å². The molecule has 0 spiro atoms. The van der Waals surface area contributed by atoms with Gasteiger partial charge in [0.1, 0.15) is 5.82 Å². The molecule has 2 aliphatic carbocycles. The minimum absolute atomic E-state index is 0.0424. The third kappa shape index (κ3) is 2.50. The monoisotopic (exact) mass is 281 g/mol. The molecule has 2 unspecified atom stereocenters. The van der Waals surface area contributed by atoms with Gasteiger partial charge in [-0.15, -0.1) is 10.2 Å². The molecule has 2 fully saturated rings. The van der Waals surface area contributed by atoms with Crippen LogP contribution in [-0.4, -0.2) is 31.6 Å². The van der Waals surface area contributed by atoms with Crippen molar-refractivity contribution in [2.45, 2.75) is 50.2 Å². The summed E-state index contributed by atoms with van der Waals surface area (Å²) < 4.78 is 2.13. The Morgan fingerprint density at radius 3 is 2.63 bits per heavy atom. The molecule has 19 heavy (non-hydrogen) atoms. The maximum atomic E-state index is 10.7. The quantitative estimate of drug-likeness (QED) is 0.840. The van der Waals surface area contributed by atoms with Crippen LogP contribution in [0.3, 0.4) is 0 Å². The number of aliphatic carboxylic acids is 1. The molecule has 6 heteroatoms. The van der Waals surface area contributed by atoms with Gasteiger partial charge in [0.15, 0.2) is 5.16 Å². The van der Waals surface area contributed by atoms with Crippen molar-refractivity contribution in [3.05, 3.63) is 5.82 Å². The van der Waals surface area contributed by atoms with Gasteiger partial charge in [-0.1, -0.05) is 11.8 Å². The molecule has 1 aromatic rings. The zero-order valence-electron chi connectivity index (χ0n) is 11.2. The van der Waals surface area contributed by atoms with Crippen molar-refractivity contribution in [1.29, 1.82) is 0 Å². The Balaban J connectivity index is 1.81. The van der Waals surface area contributed by atoms with Crippen LogP contribution in [0, 0.1) is 11.8 Å². The molecule has 0 aliphatic heterocycles. The Morgan fingerprint density at radius 2 is 2.05 bits per heavy atom. The van der Waals surface area contributed by atoms with Gasteiger partial charge in [0.05, 0.1) is 5.75 Å². The summed E-state index contributed by atoms with van der Waals surface area (Å²) in [7, 11) is 0. The number of carboxylic acid groups (broad SMARTS) is 1. The summed E-state index contributed by atoms with van der Waals surface area (Å²) in [6.07, 6.45) is 3.87. The minimum Gasteiger partial charge on any atom is -0.481 e. The molecule has 0 amide bonds. The van der Waals surface area contributed by atoms with Gasteiger partial charge in [-0.25, -0.2) is 0 Å². The molecule has 2 aliphatic rings. The van der Waals surface area contributed by atoms with Crippen LogP contribution in [0.15, 0.2) is 5.16 Å². The number of hydrogen-bond donors (Lipinski definition) is 1. The normalized spacial score (nSPS) is 28.7. The molecule has 1 N–H and O–H groups in total. The van der Waals surface area contributed by atoms with Crippen LogP contribution < -0.4 is 0 Å². The largest absolute Gasteiger partial charge is 0.481 e. The lowest BCUT2D eigenvalue weighted by Gasteiger charge is -2.17. The number of carbonyl (C=O) groups is 1. The Labute approximate surface area is 116 Å². The van der Waals surface area contributed by atoms with E-state index in [-0.39, 0.29) is 11.8 Å². The molecule has 0 bridgehead atoms. The number of rotatable bonds is 5. The molecule has 0 saturated heterocycles. The molecule has 1 aromatic heterocycles. The summed E-state index contributed by atoms with van der Waals surface area (Å²) in [5.74, 6) is 2.65. The molecule has 0 aromatic carbocycles. The summed E-state index contributed by atoms with van der Waals surface area (Å²) in [6, 6.07) is 0.276. The molecular formula is C13H19N3O2S. The van der Waals surface area contributed by atoms with Gasteiger partial charge >= 0.3 is 5.97 Å². The van der Waals surface area contributed by atoms with Gasteiger partial charge in [-0.3, -0.25) is 4.79 Å². The fourth-order valence-corrected chi connectivity index (χ4v) is 4.00. The SMILES string of the molecule is CC(C)n1c(SCC(=O)O)nnc1C1CC2CC2C1. The molecule has 0 radical (unpaired) electrons. The van der Waals surface area contributed by atoms with E-state index in [1.807, 2.05) is 0 Å². The fourth-order valence-electron chi connectivity index (χ4n) is 3.20. The van der Waals surface area contributed by atoms with Crippen LogP contribution in [0.25, 0.3) is 0 Å². The van der Waals surface area contributed by atoms with Gasteiger partial charge in [-0.2, -0.15) is 0 Å². The molecule has 104 valence electrons. The van der Waals surface area contributed by atoms with Gasteiger partial charge in [0, 0.05) is 12.0 Å². The van der Waals surface area contributed by atoms with Crippen molar-refractivity contribution in [1.82, 2.24) is 14.8 Å². The Bertz CT molecular complexity index is 490. The van der Waals surface area contributed by atoms with E-state index < -0.39 is 5.97 Å². The van der Waals surface area contributed by atoms with Gasteiger partial charge in [0.25, 0.3) is 0 Å². The number of fused-ring (bicyclic) bond motifs is 1. The first kappa shape index (κ1) is 13.0. The average molecular weight is 281 g/mol. The summed E-state index contributed by atoms with van der Waals surface area (Å²) in [4.78, 5) is 10.7. The van der Waals surface area contributed by atoms with Crippen molar-refractivity contribution in [2.24, 2.45) is 11.8 Å². The standard InChI is InChI=1S/C13H19N3O2S/c1-7(2)16-12(10-4-8-3-9(8)5-10)14-15-13(16)19-6-11(17)18/h7-10H,3-6H2,1-2H3,(H,17,18). The second kappa shape index (κ2) is 4.81. The maximum Gasteiger partial charge on any atom is 0.313 e. The van der Waals surface area contributed by atoms with Crippen LogP contribution >= 0.6 is 11.8 Å². The van der Waals surface area contributed by atoms with E-state index in [9.17, 15) is 4.79 Å². The Kier molecular flexibility index (Phi) is 3.28. The molecule has 2 saturated carbocycles. The lowest BCUT2D eigenvalue weighted by molar-refractivity contribution is -0.133. The van der Waals surface area contributed by atoms with Gasteiger partial charge in [0.2, 0.25) is 0 Å². The third-order valence-electron chi connectivity index (χ3n) is 4.14. The van der Waals surface area contributed by atoms with Crippen LogP contribution in [0.4, 0.5) is 0 Å². The lowest BCUT2D eigenvalue weighted by atomic mass is 10.0. The Morgan fingerprint density at radius 1 is 1.37 bits per heavy atom. The fraction of sp³-hybridized carbons (Fsp3) is 0.769. The first-order valence-electron chi connectivity index (χ1n) is 6.85. The summed E-state index contributed by atoms with van der Waals surface area (Å²) in [6.45, 7) is 4.21. The number of thioether (sulfide) groups is 1. The van der Waals surface area contributed by atoms with E-state index in [4.69, 9.17) is 5.11 Å². The number of carboxylic acids is 1. The number of aromatic nitrogens is 3. The zero-order chi connectivity index (χ0) is 13.6. The third-order valence-corrected chi connectivity index (χ3v) is 5.07. The Hall–Kier alpha value is -1.04. The van der Waals surface area contributed by atoms with Crippen LogP contribution in [-0.2, 0) is 4.79 Å². The average Bonchev–Trinajstić information content (AvgIpc) is 2.80. The number of hydrogen-bond acceptors (Lipinski definition) is 4. The van der Waals surface area contributed by atoms with Crippen molar-refractivity contribution in [2.75, 3.05) is 5.75 Å². The highest BCUT2D eigenvalue weighted by molar-refractivity contribution is 7.99. The van der Waals surface area contributed by atoms with E-state index in [0.29, 0.717) is 5.92 Å². The number of nitrogens with zero attached hydrogens (tertiary/aromatic N) is 3. The molecular weight excluding hydrogens is 262 g/mol. The first-order valence-corrected chi connectivity index (χ1v) is 7.84. The van der Waals surface area contributed by atoms with Crippen LogP contribution in [0.1, 0.15) is 50.9 Å². The van der Waals surface area contributed by atoms with E-state index in [1.54, 1.807) is 0 Å². The molecule has 5 nitrogen and oxygen atoms in total. The van der Waals surface area contributed by atoms with Crippen molar-refractivity contribution in [3.8, 4) is 0 Å². The summed E-state index contributed by atoms with van der Waals surface area (Å²) in [5.41, 5.74) is 0. The van der Waals surface area contributed by atoms with Crippen molar-refractivity contribution < 1.29 is 9.90 Å². The maximum absolute atomic E-state index is 10.7. The van der Waals surface area contributed by atoms with E-state index >= 15 is 0 Å². The second-order valence-corrected chi connectivity index (χ2v) is 6.85. The highest BCUT2D eigenvalue weighted by atomic mass is 32.2. The lowest BCUT2D eigenvalue weighted by Crippen LogP contribution is -2.12. The second-order valence-electron chi connectivity index (χ2n) is 5.91. The topological polar surface area (TPSA) is 68.0 Å². The summed E-state index contributed by atoms with van der Waals surface area (Å²) >= 11 is 1.26. The van der Waals surface area contributed by atoms with E-state index in [0.717, 1.165) is 22.8 Å². The van der Waals surface area contributed by atoms with Gasteiger partial charge < -0.3 is 9.67 Å². The van der Waals surface area contributed by atoms with Crippen molar-refractivity contribution in [3.63, 3.8) is 0 Å². The van der Waals surface area contributed by atoms with E-state index in [2.05, 4.69) is 28.6 Å². The zero-order valence-corrected chi connectivity index (χ0v) is 12.1. The molecule has 3 rings (SSSR count). The van der Waals surface area contributed by atoms with Crippen LogP contribution in [0.2, 0.25) is 0 Å². The highest BCUT2D eigenvalue weighted by Crippen LogP contribution is 2.57. The highest BCUT2D eigenvalue weighted by Gasteiger charge is 2.47. The smallest absolute Gasteiger partial charge is 0.313 e. The molecule has 2 atom stereocenters. The van der Waals surface area contributed by atoms with E-state index in [1.165, 1.54) is 31.0 Å². The predicted molar refractivity (Wildman–Crippen MR) is 72.3 cm³/mol. The van der Waals surface area contributed by atoms with Crippen LogP contribution in [0.5, 0.6) is 0 Å². The predicted octanol–water partition coefficient (Wildman–Crippen LogP) is 2.55. The van der Waals surface area contributed by atoms with Gasteiger partial charge in [-0.05, 0) is 44.9 Å². The first-order chi connectivity index (χ1) is 9.06. The summed E-state index contributed by atoms with van der Waals surface area (Å²) in [5, 5.41) is 18.1.